The Hall–Kier alpha value is -1.48. The van der Waals surface area contributed by atoms with E-state index in [9.17, 15) is 0 Å². The minimum Gasteiger partial charge on any atom is -0.373 e. The van der Waals surface area contributed by atoms with E-state index in [0.29, 0.717) is 12.1 Å². The molecular weight excluding hydrogens is 332 g/mol. The summed E-state index contributed by atoms with van der Waals surface area (Å²) < 4.78 is 11.9. The maximum atomic E-state index is 5.97. The largest absolute Gasteiger partial charge is 0.373 e. The van der Waals surface area contributed by atoms with Crippen LogP contribution in [-0.2, 0) is 9.47 Å². The molecule has 0 aromatic carbocycles. The lowest BCUT2D eigenvalue weighted by atomic mass is 10.1. The lowest BCUT2D eigenvalue weighted by Crippen LogP contribution is -2.48. The summed E-state index contributed by atoms with van der Waals surface area (Å²) in [7, 11) is 4.38. The van der Waals surface area contributed by atoms with Crippen LogP contribution in [0.3, 0.4) is 0 Å². The van der Waals surface area contributed by atoms with Gasteiger partial charge in [-0.05, 0) is 14.1 Å². The minimum atomic E-state index is 0.281. The summed E-state index contributed by atoms with van der Waals surface area (Å²) >= 11 is 0. The van der Waals surface area contributed by atoms with Crippen LogP contribution in [-0.4, -0.2) is 111 Å². The molecule has 0 amide bonds. The molecule has 4 aliphatic heterocycles. The number of nitrogens with zero attached hydrogens (tertiary/aromatic N) is 6. The van der Waals surface area contributed by atoms with Crippen molar-refractivity contribution in [3.05, 3.63) is 12.4 Å². The van der Waals surface area contributed by atoms with Crippen LogP contribution in [0.15, 0.2) is 12.4 Å². The molecule has 4 atom stereocenters. The van der Waals surface area contributed by atoms with Crippen molar-refractivity contribution in [2.45, 2.75) is 24.3 Å². The Bertz CT molecular complexity index is 609. The summed E-state index contributed by atoms with van der Waals surface area (Å²) in [5, 5.41) is 0. The molecule has 8 nitrogen and oxygen atoms in total. The maximum absolute atomic E-state index is 5.97. The van der Waals surface area contributed by atoms with E-state index in [1.807, 2.05) is 0 Å². The Morgan fingerprint density at radius 3 is 1.77 bits per heavy atom. The molecule has 1 aromatic heterocycles. The standard InChI is InChI=1S/C18H28N6O2/c1-21-3-5-25-15-10-23(8-13(15)21)17-7-18(20-12-19-17)24-9-14-16(11-24)26-6-4-22(14)2/h7,12-16H,3-6,8-11H2,1-2H3. The van der Waals surface area contributed by atoms with Crippen molar-refractivity contribution in [1.82, 2.24) is 19.8 Å². The van der Waals surface area contributed by atoms with Crippen molar-refractivity contribution in [3.63, 3.8) is 0 Å². The molecule has 4 aliphatic rings. The van der Waals surface area contributed by atoms with E-state index in [4.69, 9.17) is 9.47 Å². The molecule has 0 bridgehead atoms. The smallest absolute Gasteiger partial charge is 0.134 e. The summed E-state index contributed by atoms with van der Waals surface area (Å²) in [5.41, 5.74) is 0. The fourth-order valence-corrected chi connectivity index (χ4v) is 4.77. The van der Waals surface area contributed by atoms with Crippen LogP contribution < -0.4 is 9.80 Å². The number of likely N-dealkylation sites (N-methyl/N-ethyl adjacent to an activating group) is 2. The number of ether oxygens (including phenoxy) is 2. The Morgan fingerprint density at radius 2 is 1.31 bits per heavy atom. The first kappa shape index (κ1) is 16.7. The van der Waals surface area contributed by atoms with Crippen LogP contribution in [0.25, 0.3) is 0 Å². The second kappa shape index (κ2) is 6.60. The average Bonchev–Trinajstić information content (AvgIpc) is 3.28. The summed E-state index contributed by atoms with van der Waals surface area (Å²) in [5.74, 6) is 2.01. The van der Waals surface area contributed by atoms with Gasteiger partial charge in [0.1, 0.15) is 18.0 Å². The molecule has 5 heterocycles. The summed E-state index contributed by atoms with van der Waals surface area (Å²) in [6.45, 7) is 7.41. The van der Waals surface area contributed by atoms with Crippen molar-refractivity contribution in [1.29, 1.82) is 0 Å². The molecule has 4 saturated heterocycles. The lowest BCUT2D eigenvalue weighted by molar-refractivity contribution is -0.0362. The van der Waals surface area contributed by atoms with E-state index in [1.54, 1.807) is 6.33 Å². The Labute approximate surface area is 154 Å². The third-order valence-electron chi connectivity index (χ3n) is 6.44. The second-order valence-corrected chi connectivity index (χ2v) is 7.96. The first-order valence-corrected chi connectivity index (χ1v) is 9.64. The Morgan fingerprint density at radius 1 is 0.808 bits per heavy atom. The molecule has 26 heavy (non-hydrogen) atoms. The molecule has 0 saturated carbocycles. The maximum Gasteiger partial charge on any atom is 0.134 e. The molecule has 142 valence electrons. The molecule has 4 unspecified atom stereocenters. The Balaban J connectivity index is 1.32. The zero-order valence-electron chi connectivity index (χ0n) is 15.6. The minimum absolute atomic E-state index is 0.281. The van der Waals surface area contributed by atoms with E-state index in [2.05, 4.69) is 49.7 Å². The third kappa shape index (κ3) is 2.85. The monoisotopic (exact) mass is 360 g/mol. The topological polar surface area (TPSA) is 57.2 Å². The number of morpholine rings is 2. The number of hydrogen-bond donors (Lipinski definition) is 0. The van der Waals surface area contributed by atoms with Crippen LogP contribution in [0, 0.1) is 0 Å². The number of rotatable bonds is 2. The number of hydrogen-bond acceptors (Lipinski definition) is 8. The summed E-state index contributed by atoms with van der Waals surface area (Å²) in [6, 6.07) is 3.05. The van der Waals surface area contributed by atoms with Gasteiger partial charge in [0.2, 0.25) is 0 Å². The van der Waals surface area contributed by atoms with Gasteiger partial charge in [-0.15, -0.1) is 0 Å². The van der Waals surface area contributed by atoms with Crippen molar-refractivity contribution >= 4 is 11.6 Å². The molecule has 4 fully saturated rings. The highest BCUT2D eigenvalue weighted by molar-refractivity contribution is 5.52. The number of aromatic nitrogens is 2. The van der Waals surface area contributed by atoms with E-state index >= 15 is 0 Å². The van der Waals surface area contributed by atoms with Gasteiger partial charge in [0.25, 0.3) is 0 Å². The van der Waals surface area contributed by atoms with Crippen LogP contribution in [0.4, 0.5) is 11.6 Å². The third-order valence-corrected chi connectivity index (χ3v) is 6.44. The first-order valence-electron chi connectivity index (χ1n) is 9.64. The zero-order chi connectivity index (χ0) is 17.7. The fraction of sp³-hybridized carbons (Fsp3) is 0.778. The second-order valence-electron chi connectivity index (χ2n) is 7.96. The van der Waals surface area contributed by atoms with Crippen LogP contribution in [0.2, 0.25) is 0 Å². The summed E-state index contributed by atoms with van der Waals surface area (Å²) in [6.07, 6.45) is 2.26. The van der Waals surface area contributed by atoms with Crippen LogP contribution >= 0.6 is 0 Å². The normalized spacial score (nSPS) is 35.6. The molecule has 0 aliphatic carbocycles. The highest BCUT2D eigenvalue weighted by Gasteiger charge is 2.41. The first-order chi connectivity index (χ1) is 12.7. The van der Waals surface area contributed by atoms with Gasteiger partial charge in [-0.25, -0.2) is 9.97 Å². The van der Waals surface area contributed by atoms with Crippen molar-refractivity contribution in [2.75, 3.05) is 76.4 Å². The average molecular weight is 360 g/mol. The predicted molar refractivity (Wildman–Crippen MR) is 98.8 cm³/mol. The van der Waals surface area contributed by atoms with E-state index in [-0.39, 0.29) is 12.2 Å². The molecule has 0 radical (unpaired) electrons. The van der Waals surface area contributed by atoms with Gasteiger partial charge in [0.15, 0.2) is 0 Å². The highest BCUT2D eigenvalue weighted by atomic mass is 16.5. The number of fused-ring (bicyclic) bond motifs is 2. The molecule has 1 aromatic rings. The van der Waals surface area contributed by atoms with Crippen LogP contribution in [0.5, 0.6) is 0 Å². The SMILES string of the molecule is CN1CCOC2CN(c3cc(N4CC5OCCN(C)C5C4)ncn3)CC21. The van der Waals surface area contributed by atoms with Gasteiger partial charge in [-0.2, -0.15) is 0 Å². The van der Waals surface area contributed by atoms with Gasteiger partial charge in [-0.3, -0.25) is 9.80 Å². The zero-order valence-corrected chi connectivity index (χ0v) is 15.6. The van der Waals surface area contributed by atoms with Gasteiger partial charge in [0.05, 0.1) is 37.5 Å². The van der Waals surface area contributed by atoms with Crippen molar-refractivity contribution in [2.24, 2.45) is 0 Å². The van der Waals surface area contributed by atoms with E-state index in [1.165, 1.54) is 0 Å². The van der Waals surface area contributed by atoms with Crippen molar-refractivity contribution in [3.8, 4) is 0 Å². The van der Waals surface area contributed by atoms with Crippen molar-refractivity contribution < 1.29 is 9.47 Å². The highest BCUT2D eigenvalue weighted by Crippen LogP contribution is 2.29. The molecular formula is C18H28N6O2. The number of anilines is 2. The molecule has 5 rings (SSSR count). The predicted octanol–water partition coefficient (Wildman–Crippen LogP) is -0.485. The molecule has 8 heteroatoms. The van der Waals surface area contributed by atoms with Gasteiger partial charge >= 0.3 is 0 Å². The fourth-order valence-electron chi connectivity index (χ4n) is 4.77. The Kier molecular flexibility index (Phi) is 4.23. The molecule has 0 spiro atoms. The summed E-state index contributed by atoms with van der Waals surface area (Å²) in [4.78, 5) is 18.6. The molecule has 0 N–H and O–H groups in total. The quantitative estimate of drug-likeness (QED) is 0.701. The van der Waals surface area contributed by atoms with Crippen LogP contribution in [0.1, 0.15) is 0 Å². The van der Waals surface area contributed by atoms with Gasteiger partial charge in [-0.1, -0.05) is 0 Å². The lowest BCUT2D eigenvalue weighted by Gasteiger charge is -2.33. The van der Waals surface area contributed by atoms with Gasteiger partial charge in [0, 0.05) is 45.3 Å². The van der Waals surface area contributed by atoms with E-state index < -0.39 is 0 Å². The van der Waals surface area contributed by atoms with Gasteiger partial charge < -0.3 is 19.3 Å². The van der Waals surface area contributed by atoms with E-state index in [0.717, 1.165) is 64.1 Å².